The van der Waals surface area contributed by atoms with Gasteiger partial charge in [0.2, 0.25) is 0 Å². The van der Waals surface area contributed by atoms with Crippen molar-refractivity contribution in [3.05, 3.63) is 28.5 Å². The van der Waals surface area contributed by atoms with Crippen LogP contribution in [0.3, 0.4) is 0 Å². The lowest BCUT2D eigenvalue weighted by atomic mass is 9.98. The molecule has 0 aromatic heterocycles. The highest BCUT2D eigenvalue weighted by Gasteiger charge is 2.24. The molecule has 0 saturated carbocycles. The first kappa shape index (κ1) is 12.7. The summed E-state index contributed by atoms with van der Waals surface area (Å²) in [4.78, 5) is 10.9. The molecule has 1 unspecified atom stereocenters. The topological polar surface area (TPSA) is 72.5 Å². The van der Waals surface area contributed by atoms with Crippen LogP contribution in [0.2, 0.25) is 5.02 Å². The van der Waals surface area contributed by atoms with Crippen LogP contribution in [-0.4, -0.2) is 24.7 Å². The van der Waals surface area contributed by atoms with Crippen molar-refractivity contribution in [1.29, 1.82) is 0 Å². The molecule has 0 bridgehead atoms. The van der Waals surface area contributed by atoms with Gasteiger partial charge in [0.25, 0.3) is 0 Å². The Hall–Kier alpha value is -1.33. The predicted molar refractivity (Wildman–Crippen MR) is 57.4 cm³/mol. The van der Waals surface area contributed by atoms with E-state index in [1.807, 2.05) is 0 Å². The third-order valence-electron chi connectivity index (χ3n) is 2.19. The summed E-state index contributed by atoms with van der Waals surface area (Å²) in [5, 5.41) is 8.79. The van der Waals surface area contributed by atoms with Crippen LogP contribution in [0.25, 0.3) is 0 Å². The van der Waals surface area contributed by atoms with Gasteiger partial charge in [-0.05, 0) is 6.07 Å². The Labute approximate surface area is 96.8 Å². The van der Waals surface area contributed by atoms with Crippen molar-refractivity contribution in [2.24, 2.45) is 5.73 Å². The number of carboxylic acids is 1. The number of halogens is 2. The lowest BCUT2D eigenvalue weighted by Gasteiger charge is -2.15. The van der Waals surface area contributed by atoms with Crippen LogP contribution in [0.4, 0.5) is 4.39 Å². The fraction of sp³-hybridized carbons (Fsp3) is 0.300. The van der Waals surface area contributed by atoms with Crippen molar-refractivity contribution in [3.8, 4) is 5.75 Å². The van der Waals surface area contributed by atoms with Gasteiger partial charge in [-0.3, -0.25) is 4.79 Å². The summed E-state index contributed by atoms with van der Waals surface area (Å²) in [7, 11) is 1.24. The van der Waals surface area contributed by atoms with E-state index in [0.29, 0.717) is 0 Å². The molecule has 88 valence electrons. The van der Waals surface area contributed by atoms with Crippen LogP contribution in [0, 0.1) is 5.82 Å². The van der Waals surface area contributed by atoms with Crippen LogP contribution in [0.15, 0.2) is 12.1 Å². The van der Waals surface area contributed by atoms with Crippen molar-refractivity contribution in [2.45, 2.75) is 5.92 Å². The summed E-state index contributed by atoms with van der Waals surface area (Å²) < 4.78 is 18.3. The van der Waals surface area contributed by atoms with Crippen molar-refractivity contribution in [3.63, 3.8) is 0 Å². The fourth-order valence-corrected chi connectivity index (χ4v) is 1.54. The number of methoxy groups -OCH3 is 1. The average molecular weight is 248 g/mol. The molecule has 3 N–H and O–H groups in total. The molecule has 0 heterocycles. The maximum absolute atomic E-state index is 13.5. The first-order chi connectivity index (χ1) is 7.52. The predicted octanol–water partition coefficient (Wildman–Crippen LogP) is 1.61. The number of carbonyl (C=O) groups is 1. The second-order valence-electron chi connectivity index (χ2n) is 3.11. The zero-order chi connectivity index (χ0) is 12.3. The lowest BCUT2D eigenvalue weighted by molar-refractivity contribution is -0.138. The molecule has 0 aliphatic rings. The molecular weight excluding hydrogens is 237 g/mol. The van der Waals surface area contributed by atoms with Gasteiger partial charge in [0.1, 0.15) is 0 Å². The molecule has 0 radical (unpaired) electrons. The number of benzene rings is 1. The molecule has 4 nitrogen and oxygen atoms in total. The van der Waals surface area contributed by atoms with Gasteiger partial charge in [-0.2, -0.15) is 0 Å². The Morgan fingerprint density at radius 3 is 2.75 bits per heavy atom. The molecule has 1 aromatic carbocycles. The largest absolute Gasteiger partial charge is 0.493 e. The van der Waals surface area contributed by atoms with Crippen molar-refractivity contribution in [2.75, 3.05) is 13.7 Å². The first-order valence-electron chi connectivity index (χ1n) is 4.47. The summed E-state index contributed by atoms with van der Waals surface area (Å²) in [5.74, 6) is -3.10. The molecular formula is C10H11ClFNO3. The van der Waals surface area contributed by atoms with Gasteiger partial charge in [-0.25, -0.2) is 4.39 Å². The Morgan fingerprint density at radius 2 is 2.31 bits per heavy atom. The van der Waals surface area contributed by atoms with Gasteiger partial charge in [0, 0.05) is 12.1 Å². The van der Waals surface area contributed by atoms with Gasteiger partial charge < -0.3 is 15.6 Å². The summed E-state index contributed by atoms with van der Waals surface area (Å²) in [5.41, 5.74) is 5.51. The number of aliphatic carboxylic acids is 1. The number of carboxylic acid groups (broad SMARTS) is 1. The van der Waals surface area contributed by atoms with Gasteiger partial charge in [-0.15, -0.1) is 0 Å². The summed E-state index contributed by atoms with van der Waals surface area (Å²) in [6, 6.07) is 2.68. The minimum Gasteiger partial charge on any atom is -0.493 e. The number of rotatable bonds is 4. The van der Waals surface area contributed by atoms with Gasteiger partial charge >= 0.3 is 5.97 Å². The van der Waals surface area contributed by atoms with Gasteiger partial charge in [0.15, 0.2) is 11.6 Å². The maximum Gasteiger partial charge on any atom is 0.312 e. The molecule has 1 aromatic rings. The molecule has 0 aliphatic heterocycles. The van der Waals surface area contributed by atoms with Gasteiger partial charge in [0.05, 0.1) is 18.1 Å². The van der Waals surface area contributed by atoms with Crippen molar-refractivity contribution >= 4 is 17.6 Å². The van der Waals surface area contributed by atoms with E-state index in [1.165, 1.54) is 19.2 Å². The molecule has 0 fully saturated rings. The third kappa shape index (κ3) is 2.25. The van der Waals surface area contributed by atoms with Crippen molar-refractivity contribution in [1.82, 2.24) is 0 Å². The number of nitrogens with two attached hydrogens (primary N) is 1. The number of hydrogen-bond acceptors (Lipinski definition) is 3. The Balaban J connectivity index is 3.32. The van der Waals surface area contributed by atoms with E-state index >= 15 is 0 Å². The highest BCUT2D eigenvalue weighted by molar-refractivity contribution is 6.30. The highest BCUT2D eigenvalue weighted by Crippen LogP contribution is 2.33. The molecule has 1 rings (SSSR count). The molecule has 0 spiro atoms. The average Bonchev–Trinajstić information content (AvgIpc) is 2.24. The monoisotopic (exact) mass is 247 g/mol. The molecule has 1 atom stereocenters. The van der Waals surface area contributed by atoms with E-state index < -0.39 is 17.7 Å². The second kappa shape index (κ2) is 5.14. The number of ether oxygens (including phenoxy) is 1. The summed E-state index contributed by atoms with van der Waals surface area (Å²) in [6.45, 7) is -0.146. The minimum atomic E-state index is -1.14. The molecule has 16 heavy (non-hydrogen) atoms. The molecule has 0 aliphatic carbocycles. The van der Waals surface area contributed by atoms with Crippen molar-refractivity contribution < 1.29 is 19.0 Å². The maximum atomic E-state index is 13.5. The molecule has 0 amide bonds. The summed E-state index contributed by atoms with van der Waals surface area (Å²) in [6.07, 6.45) is 0. The zero-order valence-electron chi connectivity index (χ0n) is 8.54. The quantitative estimate of drug-likeness (QED) is 0.848. The number of hydrogen-bond donors (Lipinski definition) is 2. The van der Waals surface area contributed by atoms with E-state index in [4.69, 9.17) is 27.2 Å². The Kier molecular flexibility index (Phi) is 4.09. The third-order valence-corrected chi connectivity index (χ3v) is 2.49. The SMILES string of the molecule is COc1c(C(CN)C(=O)O)ccc(Cl)c1F. The molecule has 0 saturated heterocycles. The molecule has 6 heteroatoms. The van der Waals surface area contributed by atoms with E-state index in [9.17, 15) is 9.18 Å². The first-order valence-corrected chi connectivity index (χ1v) is 4.85. The zero-order valence-corrected chi connectivity index (χ0v) is 9.29. The van der Waals surface area contributed by atoms with Crippen LogP contribution in [0.1, 0.15) is 11.5 Å². The second-order valence-corrected chi connectivity index (χ2v) is 3.52. The lowest BCUT2D eigenvalue weighted by Crippen LogP contribution is -2.22. The van der Waals surface area contributed by atoms with Crippen LogP contribution < -0.4 is 10.5 Å². The minimum absolute atomic E-state index is 0.123. The normalized spacial score (nSPS) is 12.2. The van der Waals surface area contributed by atoms with E-state index in [1.54, 1.807) is 0 Å². The highest BCUT2D eigenvalue weighted by atomic mass is 35.5. The fourth-order valence-electron chi connectivity index (χ4n) is 1.39. The van der Waals surface area contributed by atoms with E-state index in [-0.39, 0.29) is 22.9 Å². The van der Waals surface area contributed by atoms with Crippen LogP contribution in [-0.2, 0) is 4.79 Å². The Bertz CT molecular complexity index is 411. The van der Waals surface area contributed by atoms with E-state index in [2.05, 4.69) is 0 Å². The summed E-state index contributed by atoms with van der Waals surface area (Å²) >= 11 is 5.56. The van der Waals surface area contributed by atoms with Gasteiger partial charge in [-0.1, -0.05) is 17.7 Å². The standard InChI is InChI=1S/C10H11ClFNO3/c1-16-9-5(6(4-13)10(14)15)2-3-7(11)8(9)12/h2-3,6H,4,13H2,1H3,(H,14,15). The Morgan fingerprint density at radius 1 is 1.69 bits per heavy atom. The smallest absolute Gasteiger partial charge is 0.312 e. The van der Waals surface area contributed by atoms with Crippen LogP contribution >= 0.6 is 11.6 Å². The van der Waals surface area contributed by atoms with E-state index in [0.717, 1.165) is 0 Å². The van der Waals surface area contributed by atoms with Crippen LogP contribution in [0.5, 0.6) is 5.75 Å².